The van der Waals surface area contributed by atoms with Crippen LogP contribution in [-0.4, -0.2) is 12.1 Å². The Morgan fingerprint density at radius 2 is 1.85 bits per heavy atom. The van der Waals surface area contributed by atoms with Gasteiger partial charge in [-0.15, -0.1) is 0 Å². The number of hydrogen-bond donors (Lipinski definition) is 1. The maximum atomic E-state index is 5.26. The quantitative estimate of drug-likeness (QED) is 0.725. The fourth-order valence-electron chi connectivity index (χ4n) is 2.33. The Balaban J connectivity index is 1.99. The van der Waals surface area contributed by atoms with Crippen LogP contribution >= 0.6 is 0 Å². The molecule has 0 saturated heterocycles. The predicted octanol–water partition coefficient (Wildman–Crippen LogP) is 4.74. The molecule has 0 bridgehead atoms. The monoisotopic (exact) mass is 263 g/mol. The zero-order valence-corrected chi connectivity index (χ0v) is 11.7. The third-order valence-electron chi connectivity index (χ3n) is 3.44. The summed E-state index contributed by atoms with van der Waals surface area (Å²) in [5.74, 6) is 0.882. The fourth-order valence-corrected chi connectivity index (χ4v) is 2.33. The third-order valence-corrected chi connectivity index (χ3v) is 3.44. The maximum Gasteiger partial charge on any atom is 0.119 e. The second-order valence-corrected chi connectivity index (χ2v) is 4.87. The molecule has 1 aromatic heterocycles. The van der Waals surface area contributed by atoms with E-state index in [2.05, 4.69) is 48.3 Å². The van der Waals surface area contributed by atoms with Gasteiger partial charge in [0.05, 0.1) is 7.11 Å². The van der Waals surface area contributed by atoms with Crippen LogP contribution in [0.15, 0.2) is 54.6 Å². The number of H-pyrrole nitrogens is 1. The Morgan fingerprint density at radius 1 is 1.05 bits per heavy atom. The average molecular weight is 263 g/mol. The molecule has 0 saturated carbocycles. The van der Waals surface area contributed by atoms with Crippen LogP contribution in [0.4, 0.5) is 0 Å². The molecule has 0 unspecified atom stereocenters. The van der Waals surface area contributed by atoms with Crippen LogP contribution in [0.2, 0.25) is 0 Å². The van der Waals surface area contributed by atoms with Gasteiger partial charge in [-0.3, -0.25) is 0 Å². The molecule has 3 aromatic rings. The van der Waals surface area contributed by atoms with Gasteiger partial charge in [0.25, 0.3) is 0 Å². The number of benzene rings is 2. The molecule has 0 amide bonds. The minimum absolute atomic E-state index is 0.882. The summed E-state index contributed by atoms with van der Waals surface area (Å²) in [6, 6.07) is 18.6. The van der Waals surface area contributed by atoms with Gasteiger partial charge < -0.3 is 9.72 Å². The molecule has 1 N–H and O–H groups in total. The average Bonchev–Trinajstić information content (AvgIpc) is 2.91. The van der Waals surface area contributed by atoms with Crippen LogP contribution in [0.3, 0.4) is 0 Å². The molecule has 0 aliphatic carbocycles. The van der Waals surface area contributed by atoms with Crippen LogP contribution in [0, 0.1) is 0 Å². The van der Waals surface area contributed by atoms with Crippen molar-refractivity contribution in [3.8, 4) is 5.75 Å². The van der Waals surface area contributed by atoms with Gasteiger partial charge in [-0.1, -0.05) is 30.3 Å². The highest BCUT2D eigenvalue weighted by molar-refractivity contribution is 5.89. The number of fused-ring (bicyclic) bond motifs is 1. The van der Waals surface area contributed by atoms with Crippen molar-refractivity contribution in [2.75, 3.05) is 7.11 Å². The zero-order valence-electron chi connectivity index (χ0n) is 11.7. The number of allylic oxidation sites excluding steroid dienone is 1. The summed E-state index contributed by atoms with van der Waals surface area (Å²) in [7, 11) is 1.69. The summed E-state index contributed by atoms with van der Waals surface area (Å²) in [5, 5.41) is 1.17. The van der Waals surface area contributed by atoms with Crippen molar-refractivity contribution in [1.82, 2.24) is 4.98 Å². The second kappa shape index (κ2) is 5.25. The van der Waals surface area contributed by atoms with Crippen LogP contribution in [0.1, 0.15) is 18.2 Å². The Kier molecular flexibility index (Phi) is 3.30. The van der Waals surface area contributed by atoms with Crippen molar-refractivity contribution in [2.45, 2.75) is 6.92 Å². The summed E-state index contributed by atoms with van der Waals surface area (Å²) in [6.45, 7) is 2.12. The van der Waals surface area contributed by atoms with Gasteiger partial charge in [-0.25, -0.2) is 0 Å². The van der Waals surface area contributed by atoms with Gasteiger partial charge >= 0.3 is 0 Å². The topological polar surface area (TPSA) is 25.0 Å². The predicted molar refractivity (Wildman–Crippen MR) is 84.8 cm³/mol. The maximum absolute atomic E-state index is 5.26. The standard InChI is InChI=1S/C18H17NO/c1-13(10-14-6-4-3-5-7-14)18-12-15-11-16(20-2)8-9-17(15)19-18/h3-12,19H,1-2H3. The van der Waals surface area contributed by atoms with E-state index in [-0.39, 0.29) is 0 Å². The molecular formula is C18H17NO. The lowest BCUT2D eigenvalue weighted by Gasteiger charge is -1.98. The van der Waals surface area contributed by atoms with E-state index < -0.39 is 0 Å². The summed E-state index contributed by atoms with van der Waals surface area (Å²) < 4.78 is 5.26. The second-order valence-electron chi connectivity index (χ2n) is 4.87. The number of rotatable bonds is 3. The Bertz CT molecular complexity index is 753. The number of methoxy groups -OCH3 is 1. The molecule has 0 spiro atoms. The van der Waals surface area contributed by atoms with Crippen molar-refractivity contribution in [3.63, 3.8) is 0 Å². The van der Waals surface area contributed by atoms with Crippen molar-refractivity contribution in [2.24, 2.45) is 0 Å². The Morgan fingerprint density at radius 3 is 2.60 bits per heavy atom. The molecule has 1 heterocycles. The SMILES string of the molecule is COc1ccc2[nH]c(C(C)=Cc3ccccc3)cc2c1. The molecule has 20 heavy (non-hydrogen) atoms. The number of aromatic amines is 1. The molecule has 2 nitrogen and oxygen atoms in total. The van der Waals surface area contributed by atoms with Gasteiger partial charge in [0, 0.05) is 16.6 Å². The highest BCUT2D eigenvalue weighted by Gasteiger charge is 2.03. The van der Waals surface area contributed by atoms with E-state index in [1.807, 2.05) is 24.3 Å². The minimum Gasteiger partial charge on any atom is -0.497 e. The lowest BCUT2D eigenvalue weighted by Crippen LogP contribution is -1.80. The van der Waals surface area contributed by atoms with Crippen LogP contribution in [0.5, 0.6) is 5.75 Å². The minimum atomic E-state index is 0.882. The van der Waals surface area contributed by atoms with Gasteiger partial charge in [0.15, 0.2) is 0 Å². The molecule has 0 fully saturated rings. The van der Waals surface area contributed by atoms with Gasteiger partial charge in [0.1, 0.15) is 5.75 Å². The van der Waals surface area contributed by atoms with Crippen molar-refractivity contribution in [1.29, 1.82) is 0 Å². The lowest BCUT2D eigenvalue weighted by molar-refractivity contribution is 0.415. The highest BCUT2D eigenvalue weighted by Crippen LogP contribution is 2.25. The Labute approximate surface area is 118 Å². The van der Waals surface area contributed by atoms with Gasteiger partial charge in [0.2, 0.25) is 0 Å². The summed E-state index contributed by atoms with van der Waals surface area (Å²) >= 11 is 0. The van der Waals surface area contributed by atoms with E-state index in [0.29, 0.717) is 0 Å². The van der Waals surface area contributed by atoms with Crippen molar-refractivity contribution >= 4 is 22.6 Å². The molecule has 2 aromatic carbocycles. The largest absolute Gasteiger partial charge is 0.497 e. The molecule has 0 aliphatic rings. The Hall–Kier alpha value is -2.48. The zero-order chi connectivity index (χ0) is 13.9. The molecule has 0 atom stereocenters. The van der Waals surface area contributed by atoms with E-state index >= 15 is 0 Å². The first-order chi connectivity index (χ1) is 9.76. The molecule has 3 rings (SSSR count). The fraction of sp³-hybridized carbons (Fsp3) is 0.111. The van der Waals surface area contributed by atoms with E-state index in [1.54, 1.807) is 7.11 Å². The molecular weight excluding hydrogens is 246 g/mol. The van der Waals surface area contributed by atoms with E-state index in [0.717, 1.165) is 17.0 Å². The van der Waals surface area contributed by atoms with Crippen LogP contribution in [0.25, 0.3) is 22.6 Å². The van der Waals surface area contributed by atoms with Crippen molar-refractivity contribution in [3.05, 3.63) is 65.9 Å². The van der Waals surface area contributed by atoms with Gasteiger partial charge in [-0.2, -0.15) is 0 Å². The van der Waals surface area contributed by atoms with Crippen molar-refractivity contribution < 1.29 is 4.74 Å². The van der Waals surface area contributed by atoms with E-state index in [4.69, 9.17) is 4.74 Å². The first kappa shape index (κ1) is 12.5. The summed E-state index contributed by atoms with van der Waals surface area (Å²) in [5.41, 5.74) is 4.69. The van der Waals surface area contributed by atoms with E-state index in [9.17, 15) is 0 Å². The third kappa shape index (κ3) is 2.45. The van der Waals surface area contributed by atoms with Crippen LogP contribution < -0.4 is 4.74 Å². The number of aromatic nitrogens is 1. The van der Waals surface area contributed by atoms with Gasteiger partial charge in [-0.05, 0) is 48.4 Å². The molecule has 2 heteroatoms. The highest BCUT2D eigenvalue weighted by atomic mass is 16.5. The first-order valence-corrected chi connectivity index (χ1v) is 6.67. The smallest absolute Gasteiger partial charge is 0.119 e. The summed E-state index contributed by atoms with van der Waals surface area (Å²) in [6.07, 6.45) is 2.18. The number of ether oxygens (including phenoxy) is 1. The normalized spacial score (nSPS) is 11.8. The summed E-state index contributed by atoms with van der Waals surface area (Å²) in [4.78, 5) is 3.44. The molecule has 100 valence electrons. The lowest BCUT2D eigenvalue weighted by atomic mass is 10.1. The van der Waals surface area contributed by atoms with Crippen LogP contribution in [-0.2, 0) is 0 Å². The molecule has 0 aliphatic heterocycles. The van der Waals surface area contributed by atoms with E-state index in [1.165, 1.54) is 16.5 Å². The first-order valence-electron chi connectivity index (χ1n) is 6.67. The number of hydrogen-bond acceptors (Lipinski definition) is 1. The molecule has 0 radical (unpaired) electrons. The number of nitrogens with one attached hydrogen (secondary N) is 1.